The molecule has 0 fully saturated rings. The second-order valence-electron chi connectivity index (χ2n) is 5.56. The lowest BCUT2D eigenvalue weighted by molar-refractivity contribution is 1.12. The number of hydrogen-bond acceptors (Lipinski definition) is 2. The summed E-state index contributed by atoms with van der Waals surface area (Å²) in [6, 6.07) is 16.9. The van der Waals surface area contributed by atoms with Crippen molar-refractivity contribution in [3.63, 3.8) is 0 Å². The number of nitrogens with one attached hydrogen (secondary N) is 1. The number of benzene rings is 2. The van der Waals surface area contributed by atoms with Crippen molar-refractivity contribution in [2.45, 2.75) is 27.3 Å². The first kappa shape index (κ1) is 13.6. The van der Waals surface area contributed by atoms with Gasteiger partial charge in [0.1, 0.15) is 0 Å². The molecule has 106 valence electrons. The molecule has 0 aliphatic heterocycles. The van der Waals surface area contributed by atoms with Gasteiger partial charge in [-0.15, -0.1) is 0 Å². The van der Waals surface area contributed by atoms with E-state index in [1.807, 2.05) is 6.07 Å². The Balaban J connectivity index is 1.95. The molecular weight excluding hydrogens is 256 g/mol. The standard InChI is InChI=1S/C19H20N2/c1-13-7-6-8-14(2)19(13)20-12-16-11-15(3)21-18-10-5-4-9-17(16)18/h4-11,20H,12H2,1-3H3. The van der Waals surface area contributed by atoms with Gasteiger partial charge in [0.2, 0.25) is 0 Å². The van der Waals surface area contributed by atoms with Crippen LogP contribution in [0, 0.1) is 20.8 Å². The van der Waals surface area contributed by atoms with Crippen molar-refractivity contribution in [3.8, 4) is 0 Å². The highest BCUT2D eigenvalue weighted by Gasteiger charge is 2.06. The summed E-state index contributed by atoms with van der Waals surface area (Å²) in [4.78, 5) is 4.60. The summed E-state index contributed by atoms with van der Waals surface area (Å²) in [5.74, 6) is 0. The maximum Gasteiger partial charge on any atom is 0.0708 e. The zero-order valence-corrected chi connectivity index (χ0v) is 12.8. The number of aromatic nitrogens is 1. The highest BCUT2D eigenvalue weighted by Crippen LogP contribution is 2.23. The molecule has 0 atom stereocenters. The van der Waals surface area contributed by atoms with E-state index in [1.54, 1.807) is 0 Å². The van der Waals surface area contributed by atoms with Crippen LogP contribution in [0.15, 0.2) is 48.5 Å². The van der Waals surface area contributed by atoms with Crippen LogP contribution in [0.25, 0.3) is 10.9 Å². The van der Waals surface area contributed by atoms with Crippen LogP contribution < -0.4 is 5.32 Å². The fraction of sp³-hybridized carbons (Fsp3) is 0.211. The average molecular weight is 276 g/mol. The van der Waals surface area contributed by atoms with Gasteiger partial charge in [-0.25, -0.2) is 0 Å². The predicted molar refractivity (Wildman–Crippen MR) is 89.7 cm³/mol. The van der Waals surface area contributed by atoms with E-state index in [9.17, 15) is 0 Å². The van der Waals surface area contributed by atoms with Crippen molar-refractivity contribution in [2.24, 2.45) is 0 Å². The van der Waals surface area contributed by atoms with Crippen LogP contribution >= 0.6 is 0 Å². The molecule has 1 heterocycles. The van der Waals surface area contributed by atoms with Crippen molar-refractivity contribution in [2.75, 3.05) is 5.32 Å². The maximum atomic E-state index is 4.60. The van der Waals surface area contributed by atoms with Crippen LogP contribution in [0.5, 0.6) is 0 Å². The second-order valence-corrected chi connectivity index (χ2v) is 5.56. The number of aryl methyl sites for hydroxylation is 3. The second kappa shape index (κ2) is 5.57. The van der Waals surface area contributed by atoms with E-state index in [0.29, 0.717) is 0 Å². The van der Waals surface area contributed by atoms with Gasteiger partial charge in [-0.05, 0) is 49.6 Å². The lowest BCUT2D eigenvalue weighted by Crippen LogP contribution is -2.04. The zero-order chi connectivity index (χ0) is 14.8. The number of pyridine rings is 1. The Morgan fingerprint density at radius 3 is 2.38 bits per heavy atom. The largest absolute Gasteiger partial charge is 0.381 e. The third-order valence-corrected chi connectivity index (χ3v) is 3.87. The molecule has 0 aliphatic rings. The van der Waals surface area contributed by atoms with Gasteiger partial charge in [-0.1, -0.05) is 36.4 Å². The third-order valence-electron chi connectivity index (χ3n) is 3.87. The smallest absolute Gasteiger partial charge is 0.0708 e. The molecule has 0 spiro atoms. The number of anilines is 1. The minimum Gasteiger partial charge on any atom is -0.381 e. The molecule has 0 aliphatic carbocycles. The van der Waals surface area contributed by atoms with E-state index in [4.69, 9.17) is 0 Å². The average Bonchev–Trinajstić information content (AvgIpc) is 2.46. The molecule has 3 rings (SSSR count). The van der Waals surface area contributed by atoms with Gasteiger partial charge in [0, 0.05) is 23.3 Å². The molecule has 2 nitrogen and oxygen atoms in total. The highest BCUT2D eigenvalue weighted by molar-refractivity contribution is 5.82. The lowest BCUT2D eigenvalue weighted by Gasteiger charge is -2.14. The van der Waals surface area contributed by atoms with Crippen LogP contribution in [-0.2, 0) is 6.54 Å². The van der Waals surface area contributed by atoms with Crippen molar-refractivity contribution in [3.05, 3.63) is 70.9 Å². The van der Waals surface area contributed by atoms with Gasteiger partial charge in [0.25, 0.3) is 0 Å². The zero-order valence-electron chi connectivity index (χ0n) is 12.8. The van der Waals surface area contributed by atoms with E-state index in [2.05, 4.69) is 73.5 Å². The Labute approximate surface area is 125 Å². The minimum atomic E-state index is 0.815. The molecule has 0 amide bonds. The highest BCUT2D eigenvalue weighted by atomic mass is 14.9. The Morgan fingerprint density at radius 1 is 0.905 bits per heavy atom. The minimum absolute atomic E-state index is 0.815. The van der Waals surface area contributed by atoms with Gasteiger partial charge < -0.3 is 5.32 Å². The number of para-hydroxylation sites is 2. The van der Waals surface area contributed by atoms with E-state index >= 15 is 0 Å². The molecule has 0 bridgehead atoms. The molecule has 3 aromatic rings. The fourth-order valence-electron chi connectivity index (χ4n) is 2.82. The number of fused-ring (bicyclic) bond motifs is 1. The van der Waals surface area contributed by atoms with E-state index < -0.39 is 0 Å². The molecule has 0 saturated carbocycles. The molecule has 0 saturated heterocycles. The van der Waals surface area contributed by atoms with Crippen LogP contribution in [0.3, 0.4) is 0 Å². The number of nitrogens with zero attached hydrogens (tertiary/aromatic N) is 1. The summed E-state index contributed by atoms with van der Waals surface area (Å²) < 4.78 is 0. The van der Waals surface area contributed by atoms with E-state index in [-0.39, 0.29) is 0 Å². The quantitative estimate of drug-likeness (QED) is 0.745. The summed E-state index contributed by atoms with van der Waals surface area (Å²) in [5.41, 5.74) is 7.22. The Hall–Kier alpha value is -2.35. The summed E-state index contributed by atoms with van der Waals surface area (Å²) in [7, 11) is 0. The van der Waals surface area contributed by atoms with Crippen LogP contribution in [0.1, 0.15) is 22.4 Å². The van der Waals surface area contributed by atoms with Gasteiger partial charge in [0.05, 0.1) is 5.52 Å². The first-order valence-corrected chi connectivity index (χ1v) is 7.30. The monoisotopic (exact) mass is 276 g/mol. The third kappa shape index (κ3) is 2.75. The normalized spacial score (nSPS) is 10.8. The molecule has 2 aromatic carbocycles. The SMILES string of the molecule is Cc1cc(CNc2c(C)cccc2C)c2ccccc2n1. The number of hydrogen-bond donors (Lipinski definition) is 1. The summed E-state index contributed by atoms with van der Waals surface area (Å²) in [6.07, 6.45) is 0. The van der Waals surface area contributed by atoms with Gasteiger partial charge in [-0.2, -0.15) is 0 Å². The van der Waals surface area contributed by atoms with E-state index in [1.165, 1.54) is 27.8 Å². The number of rotatable bonds is 3. The molecule has 1 aromatic heterocycles. The van der Waals surface area contributed by atoms with E-state index in [0.717, 1.165) is 17.8 Å². The fourth-order valence-corrected chi connectivity index (χ4v) is 2.82. The van der Waals surface area contributed by atoms with Crippen LogP contribution in [0.2, 0.25) is 0 Å². The summed E-state index contributed by atoms with van der Waals surface area (Å²) >= 11 is 0. The first-order chi connectivity index (χ1) is 10.1. The Bertz CT molecular complexity index is 770. The Morgan fingerprint density at radius 2 is 1.62 bits per heavy atom. The summed E-state index contributed by atoms with van der Waals surface area (Å²) in [5, 5.41) is 4.81. The topological polar surface area (TPSA) is 24.9 Å². The molecule has 2 heteroatoms. The molecule has 21 heavy (non-hydrogen) atoms. The van der Waals surface area contributed by atoms with Crippen LogP contribution in [0.4, 0.5) is 5.69 Å². The summed E-state index contributed by atoms with van der Waals surface area (Å²) in [6.45, 7) is 7.15. The lowest BCUT2D eigenvalue weighted by atomic mass is 10.1. The van der Waals surface area contributed by atoms with Crippen molar-refractivity contribution >= 4 is 16.6 Å². The van der Waals surface area contributed by atoms with Crippen molar-refractivity contribution in [1.82, 2.24) is 4.98 Å². The Kier molecular flexibility index (Phi) is 3.61. The first-order valence-electron chi connectivity index (χ1n) is 7.30. The molecule has 0 unspecified atom stereocenters. The molecule has 1 N–H and O–H groups in total. The van der Waals surface area contributed by atoms with Gasteiger partial charge >= 0.3 is 0 Å². The van der Waals surface area contributed by atoms with Gasteiger partial charge in [0.15, 0.2) is 0 Å². The van der Waals surface area contributed by atoms with Crippen molar-refractivity contribution < 1.29 is 0 Å². The van der Waals surface area contributed by atoms with Crippen molar-refractivity contribution in [1.29, 1.82) is 0 Å². The molecule has 0 radical (unpaired) electrons. The maximum absolute atomic E-state index is 4.60. The molecular formula is C19H20N2. The predicted octanol–water partition coefficient (Wildman–Crippen LogP) is 4.77. The van der Waals surface area contributed by atoms with Crippen LogP contribution in [-0.4, -0.2) is 4.98 Å². The van der Waals surface area contributed by atoms with Gasteiger partial charge in [-0.3, -0.25) is 4.98 Å².